The first-order valence-corrected chi connectivity index (χ1v) is 6.81. The summed E-state index contributed by atoms with van der Waals surface area (Å²) in [5, 5.41) is 0. The SMILES string of the molecule is CN1C=CC(=C/C=C2/C=CC(=O)C(C(C)(C)C)=C2)C=C1. The summed E-state index contributed by atoms with van der Waals surface area (Å²) in [5.74, 6) is 0.112. The highest BCUT2D eigenvalue weighted by Crippen LogP contribution is 2.30. The van der Waals surface area contributed by atoms with Crippen LogP contribution in [0.4, 0.5) is 0 Å². The smallest absolute Gasteiger partial charge is 0.182 e. The van der Waals surface area contributed by atoms with Crippen LogP contribution in [0.3, 0.4) is 0 Å². The molecule has 104 valence electrons. The van der Waals surface area contributed by atoms with Crippen LogP contribution >= 0.6 is 0 Å². The van der Waals surface area contributed by atoms with Crippen LogP contribution in [0.15, 0.2) is 71.7 Å². The average Bonchev–Trinajstić information content (AvgIpc) is 2.38. The molecule has 0 aromatic rings. The molecule has 1 aliphatic heterocycles. The molecule has 0 fully saturated rings. The van der Waals surface area contributed by atoms with Gasteiger partial charge in [0.15, 0.2) is 5.78 Å². The van der Waals surface area contributed by atoms with E-state index in [0.29, 0.717) is 0 Å². The lowest BCUT2D eigenvalue weighted by Gasteiger charge is -2.23. The van der Waals surface area contributed by atoms with Crippen molar-refractivity contribution in [2.45, 2.75) is 20.8 Å². The van der Waals surface area contributed by atoms with E-state index < -0.39 is 0 Å². The van der Waals surface area contributed by atoms with E-state index in [1.165, 1.54) is 0 Å². The first-order chi connectivity index (χ1) is 9.36. The molecule has 0 aromatic carbocycles. The summed E-state index contributed by atoms with van der Waals surface area (Å²) >= 11 is 0. The number of hydrogen-bond acceptors (Lipinski definition) is 2. The summed E-state index contributed by atoms with van der Waals surface area (Å²) in [5.41, 5.74) is 2.94. The van der Waals surface area contributed by atoms with Gasteiger partial charge >= 0.3 is 0 Å². The molecule has 2 nitrogen and oxygen atoms in total. The van der Waals surface area contributed by atoms with Crippen LogP contribution < -0.4 is 0 Å². The van der Waals surface area contributed by atoms with E-state index in [0.717, 1.165) is 16.7 Å². The minimum absolute atomic E-state index is 0.112. The zero-order valence-electron chi connectivity index (χ0n) is 12.6. The zero-order valence-corrected chi connectivity index (χ0v) is 12.6. The lowest BCUT2D eigenvalue weighted by Crippen LogP contribution is -2.18. The number of ketones is 1. The maximum atomic E-state index is 11.9. The molecule has 0 radical (unpaired) electrons. The number of carbonyl (C=O) groups excluding carboxylic acids is 1. The maximum absolute atomic E-state index is 11.9. The van der Waals surface area contributed by atoms with Crippen LogP contribution in [0.2, 0.25) is 0 Å². The normalized spacial score (nSPS) is 20.7. The minimum Gasteiger partial charge on any atom is -0.357 e. The lowest BCUT2D eigenvalue weighted by atomic mass is 9.80. The number of allylic oxidation sites excluding steroid dienone is 10. The van der Waals surface area contributed by atoms with Crippen molar-refractivity contribution in [3.8, 4) is 0 Å². The van der Waals surface area contributed by atoms with Crippen molar-refractivity contribution in [2.75, 3.05) is 7.05 Å². The molecule has 0 spiro atoms. The fourth-order valence-corrected chi connectivity index (χ4v) is 2.05. The van der Waals surface area contributed by atoms with E-state index in [2.05, 4.69) is 39.0 Å². The zero-order chi connectivity index (χ0) is 14.8. The van der Waals surface area contributed by atoms with Crippen molar-refractivity contribution in [1.29, 1.82) is 0 Å². The van der Waals surface area contributed by atoms with Crippen LogP contribution in [0, 0.1) is 5.41 Å². The minimum atomic E-state index is -0.124. The Kier molecular flexibility index (Phi) is 3.93. The molecule has 0 saturated heterocycles. The van der Waals surface area contributed by atoms with E-state index in [4.69, 9.17) is 0 Å². The third-order valence-electron chi connectivity index (χ3n) is 3.28. The molecule has 1 aliphatic carbocycles. The summed E-state index contributed by atoms with van der Waals surface area (Å²) in [6.07, 6.45) is 17.8. The predicted molar refractivity (Wildman–Crippen MR) is 83.9 cm³/mol. The second-order valence-corrected chi connectivity index (χ2v) is 6.14. The standard InChI is InChI=1S/C18H21NO/c1-18(2,3)16-13-15(7-8-17(16)20)6-5-14-9-11-19(4)12-10-14/h5-13H,1-4H3/b15-6-. The van der Waals surface area contributed by atoms with Gasteiger partial charge in [0.25, 0.3) is 0 Å². The number of hydrogen-bond donors (Lipinski definition) is 0. The first kappa shape index (κ1) is 14.3. The largest absolute Gasteiger partial charge is 0.357 e. The topological polar surface area (TPSA) is 20.3 Å². The fourth-order valence-electron chi connectivity index (χ4n) is 2.05. The highest BCUT2D eigenvalue weighted by atomic mass is 16.1. The molecule has 0 unspecified atom stereocenters. The molecule has 2 heteroatoms. The summed E-state index contributed by atoms with van der Waals surface area (Å²) in [6.45, 7) is 6.19. The van der Waals surface area contributed by atoms with Gasteiger partial charge in [-0.25, -0.2) is 0 Å². The maximum Gasteiger partial charge on any atom is 0.182 e. The Labute approximate surface area is 121 Å². The van der Waals surface area contributed by atoms with Crippen LogP contribution in [0.5, 0.6) is 0 Å². The van der Waals surface area contributed by atoms with Gasteiger partial charge in [-0.15, -0.1) is 0 Å². The van der Waals surface area contributed by atoms with E-state index in [1.54, 1.807) is 6.08 Å². The van der Waals surface area contributed by atoms with Crippen LogP contribution in [0.1, 0.15) is 20.8 Å². The summed E-state index contributed by atoms with van der Waals surface area (Å²) in [4.78, 5) is 13.9. The highest BCUT2D eigenvalue weighted by molar-refractivity contribution is 6.06. The van der Waals surface area contributed by atoms with Gasteiger partial charge < -0.3 is 4.90 Å². The molecule has 0 atom stereocenters. The Bertz CT molecular complexity index is 573. The quantitative estimate of drug-likeness (QED) is 0.717. The summed E-state index contributed by atoms with van der Waals surface area (Å²) in [6, 6.07) is 0. The molecule has 0 saturated carbocycles. The van der Waals surface area contributed by atoms with Crippen molar-refractivity contribution in [3.63, 3.8) is 0 Å². The highest BCUT2D eigenvalue weighted by Gasteiger charge is 2.23. The van der Waals surface area contributed by atoms with Gasteiger partial charge in [-0.1, -0.05) is 39.0 Å². The second kappa shape index (κ2) is 5.49. The van der Waals surface area contributed by atoms with Crippen molar-refractivity contribution in [3.05, 3.63) is 71.7 Å². The van der Waals surface area contributed by atoms with Crippen molar-refractivity contribution in [2.24, 2.45) is 5.41 Å². The lowest BCUT2D eigenvalue weighted by molar-refractivity contribution is -0.112. The second-order valence-electron chi connectivity index (χ2n) is 6.14. The van der Waals surface area contributed by atoms with Gasteiger partial charge in [0.05, 0.1) is 0 Å². The third-order valence-corrected chi connectivity index (χ3v) is 3.28. The third kappa shape index (κ3) is 3.47. The van der Waals surface area contributed by atoms with Crippen LogP contribution in [0.25, 0.3) is 0 Å². The Morgan fingerprint density at radius 3 is 2.15 bits per heavy atom. The van der Waals surface area contributed by atoms with E-state index in [9.17, 15) is 4.79 Å². The van der Waals surface area contributed by atoms with Gasteiger partial charge in [0, 0.05) is 25.0 Å². The monoisotopic (exact) mass is 267 g/mol. The Balaban J connectivity index is 2.24. The van der Waals surface area contributed by atoms with Gasteiger partial charge in [-0.05, 0) is 40.9 Å². The van der Waals surface area contributed by atoms with Crippen molar-refractivity contribution >= 4 is 5.78 Å². The first-order valence-electron chi connectivity index (χ1n) is 6.81. The Morgan fingerprint density at radius 1 is 0.950 bits per heavy atom. The molecule has 1 heterocycles. The van der Waals surface area contributed by atoms with Gasteiger partial charge in [-0.3, -0.25) is 4.79 Å². The molecule has 0 aromatic heterocycles. The number of nitrogens with zero attached hydrogens (tertiary/aromatic N) is 1. The summed E-state index contributed by atoms with van der Waals surface area (Å²) < 4.78 is 0. The van der Waals surface area contributed by atoms with E-state index in [1.807, 2.05) is 42.6 Å². The molecule has 2 rings (SSSR count). The molecule has 0 N–H and O–H groups in total. The van der Waals surface area contributed by atoms with E-state index in [-0.39, 0.29) is 11.2 Å². The van der Waals surface area contributed by atoms with Crippen LogP contribution in [-0.2, 0) is 4.79 Å². The molecule has 20 heavy (non-hydrogen) atoms. The molecule has 0 amide bonds. The molecule has 0 bridgehead atoms. The van der Waals surface area contributed by atoms with Crippen molar-refractivity contribution in [1.82, 2.24) is 4.90 Å². The number of rotatable bonds is 1. The Hall–Kier alpha value is -2.09. The molecular weight excluding hydrogens is 246 g/mol. The Morgan fingerprint density at radius 2 is 1.55 bits per heavy atom. The predicted octanol–water partition coefficient (Wildman–Crippen LogP) is 3.92. The van der Waals surface area contributed by atoms with E-state index >= 15 is 0 Å². The number of carbonyl (C=O) groups is 1. The van der Waals surface area contributed by atoms with Gasteiger partial charge in [-0.2, -0.15) is 0 Å². The molecule has 2 aliphatic rings. The fraction of sp³-hybridized carbons (Fsp3) is 0.278. The van der Waals surface area contributed by atoms with Crippen molar-refractivity contribution < 1.29 is 4.79 Å². The average molecular weight is 267 g/mol. The van der Waals surface area contributed by atoms with Gasteiger partial charge in [0.2, 0.25) is 0 Å². The molecular formula is C18H21NO. The van der Waals surface area contributed by atoms with Gasteiger partial charge in [0.1, 0.15) is 0 Å². The van der Waals surface area contributed by atoms with Crippen LogP contribution in [-0.4, -0.2) is 17.7 Å². The summed E-state index contributed by atoms with van der Waals surface area (Å²) in [7, 11) is 2.00.